The zero-order valence-electron chi connectivity index (χ0n) is 11.3. The van der Waals surface area contributed by atoms with Crippen LogP contribution in [0.2, 0.25) is 0 Å². The van der Waals surface area contributed by atoms with Crippen molar-refractivity contribution in [2.75, 3.05) is 13.1 Å². The zero-order valence-corrected chi connectivity index (χ0v) is 12.9. The molecule has 3 nitrogen and oxygen atoms in total. The number of hydrogen-bond donors (Lipinski definition) is 2. The van der Waals surface area contributed by atoms with Gasteiger partial charge in [-0.25, -0.2) is 0 Å². The molecular formula is C15H21BrN2O. The molecule has 2 atom stereocenters. The molecule has 1 aromatic carbocycles. The van der Waals surface area contributed by atoms with E-state index in [4.69, 9.17) is 0 Å². The minimum atomic E-state index is 0.179. The molecule has 2 N–H and O–H groups in total. The molecule has 0 aliphatic carbocycles. The minimum Gasteiger partial charge on any atom is -0.353 e. The number of hydrogen-bond acceptors (Lipinski definition) is 2. The molecule has 0 saturated carbocycles. The van der Waals surface area contributed by atoms with Crippen LogP contribution in [0, 0.1) is 5.92 Å². The maximum absolute atomic E-state index is 11.9. The first-order valence-corrected chi connectivity index (χ1v) is 7.67. The van der Waals surface area contributed by atoms with Crippen LogP contribution in [0.25, 0.3) is 0 Å². The SMILES string of the molecule is CC(Cc1ccc(Br)cc1)NC(=O)CC1CCNC1. The first-order valence-electron chi connectivity index (χ1n) is 6.88. The summed E-state index contributed by atoms with van der Waals surface area (Å²) in [6.45, 7) is 4.09. The summed E-state index contributed by atoms with van der Waals surface area (Å²) in [5.74, 6) is 0.693. The normalized spacial score (nSPS) is 20.2. The predicted molar refractivity (Wildman–Crippen MR) is 81.0 cm³/mol. The van der Waals surface area contributed by atoms with Crippen LogP contribution in [-0.4, -0.2) is 25.0 Å². The fourth-order valence-electron chi connectivity index (χ4n) is 2.51. The summed E-state index contributed by atoms with van der Waals surface area (Å²) in [7, 11) is 0. The quantitative estimate of drug-likeness (QED) is 0.873. The number of benzene rings is 1. The highest BCUT2D eigenvalue weighted by Gasteiger charge is 2.18. The molecule has 1 fully saturated rings. The highest BCUT2D eigenvalue weighted by molar-refractivity contribution is 9.10. The first kappa shape index (κ1) is 14.5. The zero-order chi connectivity index (χ0) is 13.7. The van der Waals surface area contributed by atoms with E-state index in [1.165, 1.54) is 5.56 Å². The number of rotatable bonds is 5. The van der Waals surface area contributed by atoms with Crippen molar-refractivity contribution in [3.8, 4) is 0 Å². The Labute approximate surface area is 123 Å². The molecule has 4 heteroatoms. The van der Waals surface area contributed by atoms with Gasteiger partial charge in [-0.15, -0.1) is 0 Å². The van der Waals surface area contributed by atoms with Gasteiger partial charge >= 0.3 is 0 Å². The molecule has 104 valence electrons. The Morgan fingerprint density at radius 1 is 1.47 bits per heavy atom. The summed E-state index contributed by atoms with van der Waals surface area (Å²) in [6.07, 6.45) is 2.65. The average Bonchev–Trinajstić information content (AvgIpc) is 2.84. The van der Waals surface area contributed by atoms with Gasteiger partial charge in [-0.2, -0.15) is 0 Å². The van der Waals surface area contributed by atoms with Gasteiger partial charge in [0.25, 0.3) is 0 Å². The average molecular weight is 325 g/mol. The Hall–Kier alpha value is -0.870. The lowest BCUT2D eigenvalue weighted by Crippen LogP contribution is -2.35. The monoisotopic (exact) mass is 324 g/mol. The van der Waals surface area contributed by atoms with Crippen LogP contribution < -0.4 is 10.6 Å². The van der Waals surface area contributed by atoms with Gasteiger partial charge in [0.2, 0.25) is 5.91 Å². The maximum atomic E-state index is 11.9. The molecule has 1 aromatic rings. The third-order valence-corrected chi connectivity index (χ3v) is 4.03. The van der Waals surface area contributed by atoms with Gasteiger partial charge in [0.05, 0.1) is 0 Å². The van der Waals surface area contributed by atoms with Gasteiger partial charge in [-0.05, 0) is 56.5 Å². The summed E-state index contributed by atoms with van der Waals surface area (Å²) in [5.41, 5.74) is 1.25. The lowest BCUT2D eigenvalue weighted by atomic mass is 10.0. The standard InChI is InChI=1S/C15H21BrN2O/c1-11(8-12-2-4-14(16)5-3-12)18-15(19)9-13-6-7-17-10-13/h2-5,11,13,17H,6-10H2,1H3,(H,18,19). The molecule has 0 bridgehead atoms. The van der Waals surface area contributed by atoms with Crippen LogP contribution in [0.4, 0.5) is 0 Å². The van der Waals surface area contributed by atoms with Gasteiger partial charge in [0, 0.05) is 16.9 Å². The molecule has 1 saturated heterocycles. The second-order valence-electron chi connectivity index (χ2n) is 5.36. The summed E-state index contributed by atoms with van der Waals surface area (Å²) in [5, 5.41) is 6.38. The van der Waals surface area contributed by atoms with Gasteiger partial charge in [-0.1, -0.05) is 28.1 Å². The number of amides is 1. The van der Waals surface area contributed by atoms with Crippen molar-refractivity contribution in [1.82, 2.24) is 10.6 Å². The van der Waals surface area contributed by atoms with E-state index in [9.17, 15) is 4.79 Å². The van der Waals surface area contributed by atoms with Crippen molar-refractivity contribution >= 4 is 21.8 Å². The summed E-state index contributed by atoms with van der Waals surface area (Å²) in [6, 6.07) is 8.44. The molecule has 19 heavy (non-hydrogen) atoms. The van der Waals surface area contributed by atoms with Gasteiger partial charge in [0.1, 0.15) is 0 Å². The van der Waals surface area contributed by atoms with Crippen LogP contribution in [-0.2, 0) is 11.2 Å². The van der Waals surface area contributed by atoms with Gasteiger partial charge < -0.3 is 10.6 Å². The third kappa shape index (κ3) is 4.96. The number of carbonyl (C=O) groups is 1. The third-order valence-electron chi connectivity index (χ3n) is 3.50. The second kappa shape index (κ2) is 7.06. The molecule has 1 heterocycles. The van der Waals surface area contributed by atoms with Crippen molar-refractivity contribution in [3.05, 3.63) is 34.3 Å². The van der Waals surface area contributed by atoms with E-state index < -0.39 is 0 Å². The second-order valence-corrected chi connectivity index (χ2v) is 6.28. The summed E-state index contributed by atoms with van der Waals surface area (Å²) < 4.78 is 1.08. The van der Waals surface area contributed by atoms with E-state index in [-0.39, 0.29) is 11.9 Å². The fourth-order valence-corrected chi connectivity index (χ4v) is 2.77. The smallest absolute Gasteiger partial charge is 0.220 e. The molecule has 2 unspecified atom stereocenters. The molecule has 1 aliphatic heterocycles. The maximum Gasteiger partial charge on any atom is 0.220 e. The van der Waals surface area contributed by atoms with Crippen molar-refractivity contribution in [1.29, 1.82) is 0 Å². The first-order chi connectivity index (χ1) is 9.13. The van der Waals surface area contributed by atoms with Crippen LogP contribution in [0.5, 0.6) is 0 Å². The highest BCUT2D eigenvalue weighted by atomic mass is 79.9. The van der Waals surface area contributed by atoms with Crippen LogP contribution in [0.1, 0.15) is 25.3 Å². The van der Waals surface area contributed by atoms with Crippen LogP contribution >= 0.6 is 15.9 Å². The van der Waals surface area contributed by atoms with E-state index in [0.29, 0.717) is 12.3 Å². The van der Waals surface area contributed by atoms with Gasteiger partial charge in [-0.3, -0.25) is 4.79 Å². The van der Waals surface area contributed by atoms with Crippen LogP contribution in [0.15, 0.2) is 28.7 Å². The minimum absolute atomic E-state index is 0.179. The Morgan fingerprint density at radius 2 is 2.21 bits per heavy atom. The molecule has 1 aliphatic rings. The molecule has 1 amide bonds. The van der Waals surface area contributed by atoms with Gasteiger partial charge in [0.15, 0.2) is 0 Å². The van der Waals surface area contributed by atoms with E-state index in [1.807, 2.05) is 12.1 Å². The highest BCUT2D eigenvalue weighted by Crippen LogP contribution is 2.13. The van der Waals surface area contributed by atoms with Crippen molar-refractivity contribution in [2.45, 2.75) is 32.2 Å². The molecule has 0 aromatic heterocycles. The van der Waals surface area contributed by atoms with E-state index in [0.717, 1.165) is 30.4 Å². The van der Waals surface area contributed by atoms with E-state index in [2.05, 4.69) is 45.6 Å². The van der Waals surface area contributed by atoms with Crippen molar-refractivity contribution < 1.29 is 4.79 Å². The summed E-state index contributed by atoms with van der Waals surface area (Å²) in [4.78, 5) is 11.9. The number of carbonyl (C=O) groups excluding carboxylic acids is 1. The topological polar surface area (TPSA) is 41.1 Å². The Balaban J connectivity index is 1.75. The number of halogens is 1. The fraction of sp³-hybridized carbons (Fsp3) is 0.533. The number of nitrogens with one attached hydrogen (secondary N) is 2. The largest absolute Gasteiger partial charge is 0.353 e. The van der Waals surface area contributed by atoms with E-state index >= 15 is 0 Å². The van der Waals surface area contributed by atoms with Crippen LogP contribution in [0.3, 0.4) is 0 Å². The Kier molecular flexibility index (Phi) is 5.40. The molecule has 0 spiro atoms. The Bertz CT molecular complexity index is 413. The Morgan fingerprint density at radius 3 is 2.84 bits per heavy atom. The van der Waals surface area contributed by atoms with E-state index in [1.54, 1.807) is 0 Å². The lowest BCUT2D eigenvalue weighted by Gasteiger charge is -2.15. The predicted octanol–water partition coefficient (Wildman–Crippen LogP) is 2.50. The molecule has 2 rings (SSSR count). The van der Waals surface area contributed by atoms with Crippen molar-refractivity contribution in [2.24, 2.45) is 5.92 Å². The van der Waals surface area contributed by atoms with Crippen molar-refractivity contribution in [3.63, 3.8) is 0 Å². The lowest BCUT2D eigenvalue weighted by molar-refractivity contribution is -0.122. The summed E-state index contributed by atoms with van der Waals surface area (Å²) >= 11 is 3.43. The molecule has 0 radical (unpaired) electrons. The molecular weight excluding hydrogens is 304 g/mol.